The van der Waals surface area contributed by atoms with Gasteiger partial charge >= 0.3 is 5.97 Å². The van der Waals surface area contributed by atoms with Gasteiger partial charge in [-0.2, -0.15) is 0 Å². The third-order valence-corrected chi connectivity index (χ3v) is 2.64. The Morgan fingerprint density at radius 3 is 2.74 bits per heavy atom. The van der Waals surface area contributed by atoms with Crippen molar-refractivity contribution >= 4 is 17.7 Å². The first-order valence-corrected chi connectivity index (χ1v) is 5.66. The van der Waals surface area contributed by atoms with E-state index in [1.165, 1.54) is 19.2 Å². The van der Waals surface area contributed by atoms with Crippen molar-refractivity contribution in [1.82, 2.24) is 0 Å². The fourth-order valence-electron chi connectivity index (χ4n) is 1.61. The topological polar surface area (TPSA) is 89.7 Å². The monoisotopic (exact) mass is 265 g/mol. The summed E-state index contributed by atoms with van der Waals surface area (Å²) in [5.41, 5.74) is 1.16. The van der Waals surface area contributed by atoms with Crippen LogP contribution in [0.4, 0.5) is 5.69 Å². The van der Waals surface area contributed by atoms with E-state index in [1.807, 2.05) is 0 Å². The van der Waals surface area contributed by atoms with E-state index in [2.05, 4.69) is 4.74 Å². The largest absolute Gasteiger partial charge is 0.465 e. The molecule has 0 amide bonds. The lowest BCUT2D eigenvalue weighted by atomic mass is 10.0. The quantitative estimate of drug-likeness (QED) is 0.500. The SMILES string of the molecule is COC(=O)c1cc([N+](=O)[O-])cc(C=CCCO)c1C. The van der Waals surface area contributed by atoms with Crippen molar-refractivity contribution in [2.24, 2.45) is 0 Å². The first-order valence-electron chi connectivity index (χ1n) is 5.66. The molecule has 0 saturated carbocycles. The maximum atomic E-state index is 11.6. The van der Waals surface area contributed by atoms with Crippen LogP contribution in [0.2, 0.25) is 0 Å². The first kappa shape index (κ1) is 14.8. The number of nitrogens with zero attached hydrogens (tertiary/aromatic N) is 1. The predicted octanol–water partition coefficient (Wildman–Crippen LogP) is 2.09. The first-order chi connectivity index (χ1) is 9.01. The van der Waals surface area contributed by atoms with Gasteiger partial charge < -0.3 is 9.84 Å². The number of carbonyl (C=O) groups excluding carboxylic acids is 1. The molecule has 1 aromatic carbocycles. The zero-order chi connectivity index (χ0) is 14.4. The van der Waals surface area contributed by atoms with Crippen LogP contribution in [-0.2, 0) is 4.74 Å². The van der Waals surface area contributed by atoms with Crippen molar-refractivity contribution in [1.29, 1.82) is 0 Å². The summed E-state index contributed by atoms with van der Waals surface area (Å²) in [4.78, 5) is 21.9. The molecule has 0 saturated heterocycles. The molecule has 6 nitrogen and oxygen atoms in total. The number of benzene rings is 1. The minimum atomic E-state index is -0.613. The number of hydrogen-bond acceptors (Lipinski definition) is 5. The minimum absolute atomic E-state index is 0.00562. The van der Waals surface area contributed by atoms with Gasteiger partial charge in [-0.05, 0) is 24.5 Å². The molecule has 0 aliphatic heterocycles. The normalized spacial score (nSPS) is 10.7. The van der Waals surface area contributed by atoms with E-state index < -0.39 is 10.9 Å². The smallest absolute Gasteiger partial charge is 0.338 e. The molecule has 1 rings (SSSR count). The summed E-state index contributed by atoms with van der Waals surface area (Å²) >= 11 is 0. The molecule has 6 heteroatoms. The Bertz CT molecular complexity index is 522. The second kappa shape index (κ2) is 6.65. The number of nitro benzene ring substituents is 1. The molecule has 0 unspecified atom stereocenters. The number of non-ortho nitro benzene ring substituents is 1. The summed E-state index contributed by atoms with van der Waals surface area (Å²) in [6.07, 6.45) is 3.77. The zero-order valence-electron chi connectivity index (χ0n) is 10.8. The van der Waals surface area contributed by atoms with Crippen LogP contribution in [0.3, 0.4) is 0 Å². The number of hydrogen-bond donors (Lipinski definition) is 1. The van der Waals surface area contributed by atoms with Crippen molar-refractivity contribution in [2.45, 2.75) is 13.3 Å². The van der Waals surface area contributed by atoms with Gasteiger partial charge in [-0.1, -0.05) is 12.2 Å². The van der Waals surface area contributed by atoms with Crippen LogP contribution in [0.5, 0.6) is 0 Å². The van der Waals surface area contributed by atoms with Crippen LogP contribution < -0.4 is 0 Å². The van der Waals surface area contributed by atoms with Gasteiger partial charge in [0.25, 0.3) is 5.69 Å². The Morgan fingerprint density at radius 2 is 2.21 bits per heavy atom. The van der Waals surface area contributed by atoms with Gasteiger partial charge in [0.05, 0.1) is 17.6 Å². The van der Waals surface area contributed by atoms with Crippen LogP contribution in [0.25, 0.3) is 6.08 Å². The van der Waals surface area contributed by atoms with E-state index in [0.29, 0.717) is 17.5 Å². The highest BCUT2D eigenvalue weighted by molar-refractivity contribution is 5.93. The predicted molar refractivity (Wildman–Crippen MR) is 69.9 cm³/mol. The maximum absolute atomic E-state index is 11.6. The lowest BCUT2D eigenvalue weighted by molar-refractivity contribution is -0.384. The van der Waals surface area contributed by atoms with Crippen LogP contribution >= 0.6 is 0 Å². The Kier molecular flexibility index (Phi) is 5.20. The summed E-state index contributed by atoms with van der Waals surface area (Å²) < 4.78 is 4.61. The van der Waals surface area contributed by atoms with Crippen LogP contribution in [0, 0.1) is 17.0 Å². The molecule has 0 aliphatic carbocycles. The Hall–Kier alpha value is -2.21. The molecule has 1 aromatic rings. The highest BCUT2D eigenvalue weighted by atomic mass is 16.6. The molecule has 0 bridgehead atoms. The average Bonchev–Trinajstić information content (AvgIpc) is 2.39. The maximum Gasteiger partial charge on any atom is 0.338 e. The number of carbonyl (C=O) groups is 1. The number of esters is 1. The summed E-state index contributed by atoms with van der Waals surface area (Å²) in [5.74, 6) is -0.613. The van der Waals surface area contributed by atoms with E-state index in [1.54, 1.807) is 19.1 Å². The van der Waals surface area contributed by atoms with Crippen LogP contribution in [0.15, 0.2) is 18.2 Å². The van der Waals surface area contributed by atoms with E-state index in [9.17, 15) is 14.9 Å². The summed E-state index contributed by atoms with van der Waals surface area (Å²) in [7, 11) is 1.22. The molecule has 0 aromatic heterocycles. The minimum Gasteiger partial charge on any atom is -0.465 e. The lowest BCUT2D eigenvalue weighted by Gasteiger charge is -2.07. The van der Waals surface area contributed by atoms with Gasteiger partial charge in [0.15, 0.2) is 0 Å². The van der Waals surface area contributed by atoms with E-state index >= 15 is 0 Å². The molecule has 102 valence electrons. The molecule has 1 N–H and O–H groups in total. The van der Waals surface area contributed by atoms with Gasteiger partial charge in [-0.3, -0.25) is 10.1 Å². The van der Waals surface area contributed by atoms with Crippen molar-refractivity contribution < 1.29 is 19.6 Å². The zero-order valence-corrected chi connectivity index (χ0v) is 10.8. The molecular weight excluding hydrogens is 250 g/mol. The molecular formula is C13H15NO5. The van der Waals surface area contributed by atoms with E-state index in [-0.39, 0.29) is 17.9 Å². The standard InChI is InChI=1S/C13H15NO5/c1-9-10(5-3-4-6-15)7-11(14(17)18)8-12(9)13(16)19-2/h3,5,7-8,15H,4,6H2,1-2H3. The number of rotatable bonds is 5. The second-order valence-corrected chi connectivity index (χ2v) is 3.87. The molecule has 19 heavy (non-hydrogen) atoms. The van der Waals surface area contributed by atoms with Gasteiger partial charge in [-0.15, -0.1) is 0 Å². The van der Waals surface area contributed by atoms with E-state index in [0.717, 1.165) is 0 Å². The molecule has 0 spiro atoms. The Balaban J connectivity index is 3.32. The average molecular weight is 265 g/mol. The molecule has 0 fully saturated rings. The van der Waals surface area contributed by atoms with Gasteiger partial charge in [0.2, 0.25) is 0 Å². The van der Waals surface area contributed by atoms with Crippen molar-refractivity contribution in [2.75, 3.05) is 13.7 Å². The molecule has 0 heterocycles. The van der Waals surface area contributed by atoms with Gasteiger partial charge in [0, 0.05) is 18.7 Å². The fraction of sp³-hybridized carbons (Fsp3) is 0.308. The number of ether oxygens (including phenoxy) is 1. The third-order valence-electron chi connectivity index (χ3n) is 2.64. The van der Waals surface area contributed by atoms with Crippen molar-refractivity contribution in [3.05, 3.63) is 45.0 Å². The third kappa shape index (κ3) is 3.62. The van der Waals surface area contributed by atoms with Crippen molar-refractivity contribution in [3.63, 3.8) is 0 Å². The van der Waals surface area contributed by atoms with E-state index in [4.69, 9.17) is 5.11 Å². The summed E-state index contributed by atoms with van der Waals surface area (Å²) in [5, 5.41) is 19.6. The highest BCUT2D eigenvalue weighted by Gasteiger charge is 2.18. The number of aliphatic hydroxyl groups is 1. The summed E-state index contributed by atoms with van der Waals surface area (Å²) in [6.45, 7) is 1.68. The number of nitro groups is 1. The summed E-state index contributed by atoms with van der Waals surface area (Å²) in [6, 6.07) is 2.58. The lowest BCUT2D eigenvalue weighted by Crippen LogP contribution is -2.06. The molecule has 0 radical (unpaired) electrons. The van der Waals surface area contributed by atoms with Gasteiger partial charge in [0.1, 0.15) is 0 Å². The van der Waals surface area contributed by atoms with Crippen LogP contribution in [-0.4, -0.2) is 29.7 Å². The molecule has 0 aliphatic rings. The fourth-order valence-corrected chi connectivity index (χ4v) is 1.61. The highest BCUT2D eigenvalue weighted by Crippen LogP contribution is 2.24. The second-order valence-electron chi connectivity index (χ2n) is 3.87. The van der Waals surface area contributed by atoms with Crippen LogP contribution in [0.1, 0.15) is 27.9 Å². The molecule has 0 atom stereocenters. The number of aliphatic hydroxyl groups excluding tert-OH is 1. The number of methoxy groups -OCH3 is 1. The Labute approximate surface area is 110 Å². The van der Waals surface area contributed by atoms with Crippen molar-refractivity contribution in [3.8, 4) is 0 Å². The van der Waals surface area contributed by atoms with Gasteiger partial charge in [-0.25, -0.2) is 4.79 Å². The Morgan fingerprint density at radius 1 is 1.53 bits per heavy atom.